The number of hydrogen-bond acceptors (Lipinski definition) is 9. The van der Waals surface area contributed by atoms with E-state index >= 15 is 0 Å². The largest absolute Gasteiger partial charge is 0.508 e. The lowest BCUT2D eigenvalue weighted by Gasteiger charge is -2.35. The second kappa shape index (κ2) is 11.8. The van der Waals surface area contributed by atoms with Crippen molar-refractivity contribution in [2.24, 2.45) is 0 Å². The normalized spacial score (nSPS) is 16.9. The number of aliphatic hydroxyl groups is 1. The first kappa shape index (κ1) is 27.8. The molecule has 1 amide bonds. The van der Waals surface area contributed by atoms with Crippen molar-refractivity contribution in [3.05, 3.63) is 47.4 Å². The molecule has 0 saturated carbocycles. The maximum atomic E-state index is 12.5. The third kappa shape index (κ3) is 6.33. The fraction of sp³-hybridized carbons (Fsp3) is 0.400. The van der Waals surface area contributed by atoms with E-state index in [9.17, 15) is 19.8 Å². The Kier molecular flexibility index (Phi) is 8.17. The minimum Gasteiger partial charge on any atom is -0.508 e. The summed E-state index contributed by atoms with van der Waals surface area (Å²) in [4.78, 5) is 38.6. The number of piperidine rings is 1. The fourth-order valence-corrected chi connectivity index (χ4v) is 5.73. The summed E-state index contributed by atoms with van der Waals surface area (Å²) in [6.07, 6.45) is 0.981. The molecule has 0 atom stereocenters. The number of benzene rings is 1. The summed E-state index contributed by atoms with van der Waals surface area (Å²) in [5.74, 6) is 7.47. The zero-order valence-corrected chi connectivity index (χ0v) is 23.3. The van der Waals surface area contributed by atoms with Crippen molar-refractivity contribution >= 4 is 39.1 Å². The van der Waals surface area contributed by atoms with E-state index in [1.54, 1.807) is 30.0 Å². The topological polar surface area (TPSA) is 116 Å². The van der Waals surface area contributed by atoms with Crippen molar-refractivity contribution in [1.82, 2.24) is 14.9 Å². The number of ether oxygens (including phenoxy) is 1. The monoisotopic (exact) mass is 560 g/mol. The Morgan fingerprint density at radius 3 is 2.58 bits per heavy atom. The quantitative estimate of drug-likeness (QED) is 0.348. The fourth-order valence-electron chi connectivity index (χ4n) is 4.76. The number of hydrogen-bond donors (Lipinski definition) is 2. The molecule has 2 saturated heterocycles. The number of carbonyl (C=O) groups is 2. The van der Waals surface area contributed by atoms with Crippen molar-refractivity contribution in [3.63, 3.8) is 0 Å². The van der Waals surface area contributed by atoms with Crippen LogP contribution in [-0.2, 0) is 14.3 Å². The van der Waals surface area contributed by atoms with Crippen LogP contribution in [0, 0.1) is 11.8 Å². The number of Topliss-reactive ketones (excluding diaryl/α,β-unsaturated/α-hetero) is 1. The Hall–Kier alpha value is -3.78. The number of ketones is 1. The van der Waals surface area contributed by atoms with Crippen molar-refractivity contribution in [3.8, 4) is 29.0 Å². The summed E-state index contributed by atoms with van der Waals surface area (Å²) in [7, 11) is 0. The van der Waals surface area contributed by atoms with Crippen LogP contribution in [0.15, 0.2) is 42.5 Å². The van der Waals surface area contributed by atoms with Gasteiger partial charge in [0, 0.05) is 57.4 Å². The molecule has 2 N–H and O–H groups in total. The molecular weight excluding hydrogens is 528 g/mol. The highest BCUT2D eigenvalue weighted by atomic mass is 32.1. The molecule has 0 radical (unpaired) electrons. The van der Waals surface area contributed by atoms with Crippen LogP contribution in [0.5, 0.6) is 5.75 Å². The molecule has 0 spiro atoms. The van der Waals surface area contributed by atoms with Gasteiger partial charge in [-0.2, -0.15) is 0 Å². The van der Waals surface area contributed by atoms with Gasteiger partial charge >= 0.3 is 0 Å². The van der Waals surface area contributed by atoms with E-state index in [2.05, 4.69) is 23.3 Å². The number of morpholine rings is 1. The van der Waals surface area contributed by atoms with Crippen molar-refractivity contribution < 1.29 is 24.5 Å². The number of carbonyl (C=O) groups excluding carboxylic acids is 2. The number of anilines is 1. The van der Waals surface area contributed by atoms with Crippen LogP contribution in [0.1, 0.15) is 37.5 Å². The van der Waals surface area contributed by atoms with Crippen molar-refractivity contribution in [2.75, 3.05) is 44.3 Å². The molecule has 9 nitrogen and oxygen atoms in total. The number of likely N-dealkylation sites (tertiary alicyclic amines) is 1. The molecule has 1 aromatic carbocycles. The first-order chi connectivity index (χ1) is 19.2. The minimum atomic E-state index is -1.20. The van der Waals surface area contributed by atoms with Crippen LogP contribution in [-0.4, -0.2) is 81.8 Å². The predicted molar refractivity (Wildman–Crippen MR) is 154 cm³/mol. The van der Waals surface area contributed by atoms with Gasteiger partial charge in [-0.05, 0) is 30.7 Å². The maximum Gasteiger partial charge on any atom is 0.223 e. The van der Waals surface area contributed by atoms with E-state index in [1.165, 1.54) is 11.3 Å². The molecule has 5 rings (SSSR count). The van der Waals surface area contributed by atoms with Gasteiger partial charge in [-0.3, -0.25) is 9.59 Å². The van der Waals surface area contributed by atoms with E-state index in [0.29, 0.717) is 63.6 Å². The number of nitrogens with zero attached hydrogens (tertiary/aromatic N) is 4. The number of allylic oxidation sites excluding steroid dienone is 1. The average Bonchev–Trinajstić information content (AvgIpc) is 3.38. The van der Waals surface area contributed by atoms with Crippen LogP contribution in [0.2, 0.25) is 0 Å². The summed E-state index contributed by atoms with van der Waals surface area (Å²) in [6.45, 7) is 8.69. The van der Waals surface area contributed by atoms with Gasteiger partial charge in [0.1, 0.15) is 11.4 Å². The lowest BCUT2D eigenvalue weighted by atomic mass is 9.91. The maximum absolute atomic E-state index is 12.5. The number of rotatable bonds is 6. The molecule has 0 bridgehead atoms. The molecule has 208 valence electrons. The van der Waals surface area contributed by atoms with Gasteiger partial charge in [-0.15, -0.1) is 11.3 Å². The van der Waals surface area contributed by atoms with Crippen LogP contribution >= 0.6 is 11.3 Å². The summed E-state index contributed by atoms with van der Waals surface area (Å²) in [5.41, 5.74) is 0.720. The first-order valence-electron chi connectivity index (χ1n) is 13.4. The highest BCUT2D eigenvalue weighted by molar-refractivity contribution is 7.20. The Balaban J connectivity index is 1.35. The minimum absolute atomic E-state index is 0.0918. The van der Waals surface area contributed by atoms with Crippen LogP contribution in [0.3, 0.4) is 0 Å². The lowest BCUT2D eigenvalue weighted by Crippen LogP contribution is -2.46. The number of aromatic nitrogens is 2. The van der Waals surface area contributed by atoms with E-state index in [0.717, 1.165) is 26.5 Å². The second-order valence-corrected chi connectivity index (χ2v) is 11.3. The Morgan fingerprint density at radius 1 is 1.12 bits per heavy atom. The smallest absolute Gasteiger partial charge is 0.223 e. The van der Waals surface area contributed by atoms with Crippen LogP contribution < -0.4 is 4.90 Å². The van der Waals surface area contributed by atoms with Gasteiger partial charge in [0.15, 0.2) is 17.4 Å². The summed E-state index contributed by atoms with van der Waals surface area (Å²) in [6, 6.07) is 8.79. The van der Waals surface area contributed by atoms with Gasteiger partial charge in [0.05, 0.1) is 28.3 Å². The summed E-state index contributed by atoms with van der Waals surface area (Å²) in [5, 5.41) is 21.1. The number of fused-ring (bicyclic) bond motifs is 1. The highest BCUT2D eigenvalue weighted by Crippen LogP contribution is 2.35. The molecular formula is C30H32N4O5S. The molecule has 2 aliphatic rings. The third-order valence-corrected chi connectivity index (χ3v) is 8.21. The van der Waals surface area contributed by atoms with Crippen LogP contribution in [0.25, 0.3) is 21.6 Å². The lowest BCUT2D eigenvalue weighted by molar-refractivity contribution is -0.135. The molecule has 3 aromatic rings. The van der Waals surface area contributed by atoms with Gasteiger partial charge in [-0.1, -0.05) is 30.6 Å². The third-order valence-electron chi connectivity index (χ3n) is 7.17. The van der Waals surface area contributed by atoms with E-state index in [1.807, 2.05) is 12.1 Å². The number of phenolic OH excluding ortho intramolecular Hbond substituents is 1. The summed E-state index contributed by atoms with van der Waals surface area (Å²) < 4.78 is 6.44. The summed E-state index contributed by atoms with van der Waals surface area (Å²) >= 11 is 1.48. The molecule has 0 unspecified atom stereocenters. The van der Waals surface area contributed by atoms with Crippen molar-refractivity contribution in [1.29, 1.82) is 0 Å². The first-order valence-corrected chi connectivity index (χ1v) is 14.2. The number of amides is 1. The van der Waals surface area contributed by atoms with E-state index in [4.69, 9.17) is 14.7 Å². The molecule has 40 heavy (non-hydrogen) atoms. The number of aromatic hydroxyl groups is 1. The highest BCUT2D eigenvalue weighted by Gasteiger charge is 2.32. The standard InChI is InChI=1S/C30H32N4O5S/c1-20(2)25(36)6-7-26(37)33-12-10-30(38,11-13-33)9-8-23-19-24-27(40-23)29(34-14-16-39-17-15-34)32-28(31-24)21-4-3-5-22(35)18-21/h3-5,18-19,35,38H,1,6-7,10-17H2,2H3. The molecule has 2 aromatic heterocycles. The Bertz CT molecular complexity index is 1510. The zero-order chi connectivity index (χ0) is 28.3. The van der Waals surface area contributed by atoms with Gasteiger partial charge in [0.25, 0.3) is 0 Å². The second-order valence-electron chi connectivity index (χ2n) is 10.2. The number of thiophene rings is 1. The van der Waals surface area contributed by atoms with Crippen LogP contribution in [0.4, 0.5) is 5.82 Å². The van der Waals surface area contributed by atoms with Gasteiger partial charge in [0.2, 0.25) is 5.91 Å². The SMILES string of the molecule is C=C(C)C(=O)CCC(=O)N1CCC(O)(C#Cc2cc3nc(-c4cccc(O)c4)nc(N4CCOCC4)c3s2)CC1. The molecule has 4 heterocycles. The van der Waals surface area contributed by atoms with Gasteiger partial charge in [-0.25, -0.2) is 9.97 Å². The molecule has 0 aliphatic carbocycles. The molecule has 2 fully saturated rings. The average molecular weight is 561 g/mol. The molecule has 10 heteroatoms. The number of phenols is 1. The molecule has 2 aliphatic heterocycles. The predicted octanol–water partition coefficient (Wildman–Crippen LogP) is 3.53. The Morgan fingerprint density at radius 2 is 1.88 bits per heavy atom. The van der Waals surface area contributed by atoms with Crippen molar-refractivity contribution in [2.45, 2.75) is 38.2 Å². The zero-order valence-electron chi connectivity index (χ0n) is 22.5. The van der Waals surface area contributed by atoms with E-state index in [-0.39, 0.29) is 30.3 Å². The Labute approximate surface area is 237 Å². The van der Waals surface area contributed by atoms with Gasteiger partial charge < -0.3 is 24.7 Å². The van der Waals surface area contributed by atoms with E-state index < -0.39 is 5.60 Å².